The average Bonchev–Trinajstić information content (AvgIpc) is 2.97. The van der Waals surface area contributed by atoms with Crippen molar-refractivity contribution in [2.24, 2.45) is 0 Å². The first-order chi connectivity index (χ1) is 11.1. The summed E-state index contributed by atoms with van der Waals surface area (Å²) in [5, 5.41) is 20.9. The number of carbonyl (C=O) groups is 1. The Kier molecular flexibility index (Phi) is 4.64. The number of hydrogen-bond acceptors (Lipinski definition) is 6. The van der Waals surface area contributed by atoms with Crippen LogP contribution in [-0.2, 0) is 4.79 Å². The van der Waals surface area contributed by atoms with Gasteiger partial charge in [-0.05, 0) is 35.9 Å². The molecule has 0 radical (unpaired) electrons. The average molecular weight is 342 g/mol. The summed E-state index contributed by atoms with van der Waals surface area (Å²) < 4.78 is 1.05. The molecule has 0 aliphatic heterocycles. The number of carboxylic acids is 1. The quantitative estimate of drug-likeness (QED) is 0.772. The highest BCUT2D eigenvalue weighted by Crippen LogP contribution is 2.35. The number of thioether (sulfide) groups is 1. The van der Waals surface area contributed by atoms with Crippen molar-refractivity contribution in [3.05, 3.63) is 59.1 Å². The molecule has 116 valence electrons. The van der Waals surface area contributed by atoms with Gasteiger partial charge in [0.1, 0.15) is 10.8 Å². The van der Waals surface area contributed by atoms with Gasteiger partial charge < -0.3 is 15.0 Å². The summed E-state index contributed by atoms with van der Waals surface area (Å²) in [6, 6.07) is 14.5. The summed E-state index contributed by atoms with van der Waals surface area (Å²) in [5.74, 6) is -1.07. The molecule has 1 heterocycles. The molecular weight excluding hydrogens is 330 g/mol. The number of benzene rings is 2. The number of hydrogen-bond donors (Lipinski definition) is 1. The largest absolute Gasteiger partial charge is 0.549 e. The lowest BCUT2D eigenvalue weighted by Crippen LogP contribution is -2.24. The van der Waals surface area contributed by atoms with Gasteiger partial charge in [-0.3, -0.25) is 0 Å². The second-order valence-electron chi connectivity index (χ2n) is 4.75. The van der Waals surface area contributed by atoms with E-state index in [1.807, 2.05) is 30.3 Å². The fraction of sp³-hybridized carbons (Fsp3) is 0.0588. The number of carboxylic acid groups (broad SMARTS) is 1. The third kappa shape index (κ3) is 3.91. The molecule has 0 unspecified atom stereocenters. The van der Waals surface area contributed by atoms with Gasteiger partial charge in [0.05, 0.1) is 16.2 Å². The van der Waals surface area contributed by atoms with Crippen molar-refractivity contribution in [2.75, 3.05) is 5.75 Å². The van der Waals surface area contributed by atoms with Gasteiger partial charge in [0, 0.05) is 10.7 Å². The fourth-order valence-corrected chi connectivity index (χ4v) is 3.84. The number of thiazole rings is 1. The maximum Gasteiger partial charge on any atom is 0.131 e. The molecule has 0 atom stereocenters. The van der Waals surface area contributed by atoms with E-state index in [2.05, 4.69) is 4.98 Å². The van der Waals surface area contributed by atoms with Gasteiger partial charge >= 0.3 is 0 Å². The SMILES string of the molecule is O=C([O-])CS/C(=C\c1ccc(O)cc1)c1nc2ccccc2s1. The maximum atomic E-state index is 10.8. The standard InChI is InChI=1S/C17H13NO3S2/c19-12-7-5-11(6-8-12)9-15(22-10-16(20)21)17-18-13-3-1-2-4-14(13)23-17/h1-9,19H,10H2,(H,20,21)/p-1/b15-9-. The Morgan fingerprint density at radius 1 is 1.22 bits per heavy atom. The molecule has 3 aromatic rings. The first kappa shape index (κ1) is 15.6. The maximum absolute atomic E-state index is 10.8. The summed E-state index contributed by atoms with van der Waals surface area (Å²) in [6.07, 6.45) is 1.87. The minimum atomic E-state index is -1.12. The summed E-state index contributed by atoms with van der Waals surface area (Å²) in [7, 11) is 0. The van der Waals surface area contributed by atoms with Gasteiger partial charge in [0.25, 0.3) is 0 Å². The molecule has 3 rings (SSSR count). The zero-order chi connectivity index (χ0) is 16.2. The van der Waals surface area contributed by atoms with Crippen LogP contribution in [0.4, 0.5) is 0 Å². The third-order valence-corrected chi connectivity index (χ3v) is 5.24. The van der Waals surface area contributed by atoms with Crippen molar-refractivity contribution >= 4 is 50.3 Å². The van der Waals surface area contributed by atoms with Crippen molar-refractivity contribution in [1.82, 2.24) is 4.98 Å². The van der Waals surface area contributed by atoms with E-state index in [0.29, 0.717) is 0 Å². The van der Waals surface area contributed by atoms with E-state index in [4.69, 9.17) is 0 Å². The molecule has 2 aromatic carbocycles. The Bertz CT molecular complexity index is 836. The normalized spacial score (nSPS) is 11.7. The Labute approximate surface area is 141 Å². The highest BCUT2D eigenvalue weighted by molar-refractivity contribution is 8.09. The predicted octanol–water partition coefficient (Wildman–Crippen LogP) is 2.98. The monoisotopic (exact) mass is 342 g/mol. The molecule has 0 saturated carbocycles. The first-order valence-corrected chi connectivity index (χ1v) is 8.61. The number of aromatic nitrogens is 1. The van der Waals surface area contributed by atoms with Crippen LogP contribution in [0.15, 0.2) is 48.5 Å². The van der Waals surface area contributed by atoms with E-state index in [1.165, 1.54) is 23.1 Å². The Morgan fingerprint density at radius 3 is 2.65 bits per heavy atom. The van der Waals surface area contributed by atoms with E-state index in [1.54, 1.807) is 24.3 Å². The molecule has 0 saturated heterocycles. The highest BCUT2D eigenvalue weighted by atomic mass is 32.2. The van der Waals surface area contributed by atoms with Gasteiger partial charge in [-0.2, -0.15) is 0 Å². The Hall–Kier alpha value is -2.31. The lowest BCUT2D eigenvalue weighted by Gasteiger charge is -2.05. The zero-order valence-corrected chi connectivity index (χ0v) is 13.6. The minimum absolute atomic E-state index is 0.139. The van der Waals surface area contributed by atoms with Crippen molar-refractivity contribution in [3.8, 4) is 5.75 Å². The molecular formula is C17H12NO3S2-. The number of fused-ring (bicyclic) bond motifs is 1. The predicted molar refractivity (Wildman–Crippen MR) is 93.1 cm³/mol. The summed E-state index contributed by atoms with van der Waals surface area (Å²) in [6.45, 7) is 0. The van der Waals surface area contributed by atoms with Crippen LogP contribution in [0.3, 0.4) is 0 Å². The molecule has 1 aromatic heterocycles. The van der Waals surface area contributed by atoms with Crippen molar-refractivity contribution in [1.29, 1.82) is 0 Å². The van der Waals surface area contributed by atoms with Crippen LogP contribution in [-0.4, -0.2) is 21.8 Å². The number of aromatic hydroxyl groups is 1. The summed E-state index contributed by atoms with van der Waals surface area (Å²) in [5.41, 5.74) is 1.75. The van der Waals surface area contributed by atoms with Crippen molar-refractivity contribution < 1.29 is 15.0 Å². The van der Waals surface area contributed by atoms with E-state index in [9.17, 15) is 15.0 Å². The van der Waals surface area contributed by atoms with E-state index in [-0.39, 0.29) is 11.5 Å². The number of rotatable bonds is 5. The van der Waals surface area contributed by atoms with Crippen LogP contribution in [0, 0.1) is 0 Å². The van der Waals surface area contributed by atoms with E-state index < -0.39 is 5.97 Å². The molecule has 4 nitrogen and oxygen atoms in total. The van der Waals surface area contributed by atoms with E-state index in [0.717, 1.165) is 25.7 Å². The van der Waals surface area contributed by atoms with Crippen LogP contribution in [0.25, 0.3) is 21.2 Å². The smallest absolute Gasteiger partial charge is 0.131 e. The number of phenols is 1. The molecule has 6 heteroatoms. The van der Waals surface area contributed by atoms with E-state index >= 15 is 0 Å². The minimum Gasteiger partial charge on any atom is -0.549 e. The lowest BCUT2D eigenvalue weighted by atomic mass is 10.2. The zero-order valence-electron chi connectivity index (χ0n) is 11.9. The van der Waals surface area contributed by atoms with Crippen LogP contribution in [0.2, 0.25) is 0 Å². The number of nitrogens with zero attached hydrogens (tertiary/aromatic N) is 1. The molecule has 0 spiro atoms. The topological polar surface area (TPSA) is 73.2 Å². The Morgan fingerprint density at radius 2 is 1.96 bits per heavy atom. The second-order valence-corrected chi connectivity index (χ2v) is 6.80. The summed E-state index contributed by atoms with van der Waals surface area (Å²) in [4.78, 5) is 16.1. The highest BCUT2D eigenvalue weighted by Gasteiger charge is 2.10. The lowest BCUT2D eigenvalue weighted by molar-refractivity contribution is -0.301. The van der Waals surface area contributed by atoms with Gasteiger partial charge in [-0.1, -0.05) is 24.3 Å². The van der Waals surface area contributed by atoms with Crippen LogP contribution < -0.4 is 5.11 Å². The number of carbonyl (C=O) groups excluding carboxylic acids is 1. The van der Waals surface area contributed by atoms with Crippen molar-refractivity contribution in [2.45, 2.75) is 0 Å². The first-order valence-electron chi connectivity index (χ1n) is 6.81. The molecule has 0 aliphatic rings. The van der Waals surface area contributed by atoms with Gasteiger partial charge in [0.2, 0.25) is 0 Å². The molecule has 0 aliphatic carbocycles. The van der Waals surface area contributed by atoms with Crippen LogP contribution in [0.5, 0.6) is 5.75 Å². The molecule has 1 N–H and O–H groups in total. The van der Waals surface area contributed by atoms with Gasteiger partial charge in [0.15, 0.2) is 0 Å². The number of aliphatic carboxylic acids is 1. The Balaban J connectivity index is 2.00. The number of para-hydroxylation sites is 1. The molecule has 0 fully saturated rings. The number of phenolic OH excluding ortho intramolecular Hbond substituents is 1. The molecule has 0 amide bonds. The second kappa shape index (κ2) is 6.85. The third-order valence-electron chi connectivity index (χ3n) is 3.04. The van der Waals surface area contributed by atoms with Crippen LogP contribution >= 0.6 is 23.1 Å². The molecule has 0 bridgehead atoms. The summed E-state index contributed by atoms with van der Waals surface area (Å²) >= 11 is 2.70. The van der Waals surface area contributed by atoms with Crippen molar-refractivity contribution in [3.63, 3.8) is 0 Å². The van der Waals surface area contributed by atoms with Gasteiger partial charge in [-0.15, -0.1) is 23.1 Å². The van der Waals surface area contributed by atoms with Gasteiger partial charge in [-0.25, -0.2) is 4.98 Å². The van der Waals surface area contributed by atoms with Crippen LogP contribution in [0.1, 0.15) is 10.6 Å². The molecule has 23 heavy (non-hydrogen) atoms. The fourth-order valence-electron chi connectivity index (χ4n) is 2.00.